The minimum Gasteiger partial charge on any atom is -0.392 e. The van der Waals surface area contributed by atoms with E-state index in [1.807, 2.05) is 23.4 Å². The number of ether oxygens (including phenoxy) is 1. The standard InChI is InChI=1S/C19H30N2O3/c1-17(2,3)21-9-6-14(13-21)16(23)20-10-7-19(8-11-20)15(22)12-18(19,4)24-5/h6,9,13,15,22H,7-8,10-12H2,1-5H3/t15-,18+/m0/s1. The third-order valence-electron chi connectivity index (χ3n) is 6.38. The van der Waals surface area contributed by atoms with Gasteiger partial charge in [0.05, 0.1) is 17.3 Å². The minimum atomic E-state index is -0.318. The molecule has 1 aliphatic heterocycles. The lowest BCUT2D eigenvalue weighted by Gasteiger charge is -2.62. The molecule has 5 heteroatoms. The Morgan fingerprint density at radius 1 is 1.33 bits per heavy atom. The maximum atomic E-state index is 12.8. The molecule has 1 aromatic rings. The van der Waals surface area contributed by atoms with E-state index in [9.17, 15) is 9.90 Å². The zero-order chi connectivity index (χ0) is 17.8. The molecular formula is C19H30N2O3. The summed E-state index contributed by atoms with van der Waals surface area (Å²) in [6.45, 7) is 9.80. The highest BCUT2D eigenvalue weighted by atomic mass is 16.5. The van der Waals surface area contributed by atoms with E-state index in [4.69, 9.17) is 4.74 Å². The number of carbonyl (C=O) groups excluding carboxylic acids is 1. The van der Waals surface area contributed by atoms with Gasteiger partial charge in [-0.1, -0.05) is 0 Å². The van der Waals surface area contributed by atoms with Crippen molar-refractivity contribution in [2.45, 2.75) is 64.2 Å². The largest absolute Gasteiger partial charge is 0.392 e. The Kier molecular flexibility index (Phi) is 4.08. The van der Waals surface area contributed by atoms with Crippen molar-refractivity contribution in [2.75, 3.05) is 20.2 Å². The third-order valence-corrected chi connectivity index (χ3v) is 6.38. The van der Waals surface area contributed by atoms with E-state index in [0.717, 1.165) is 18.4 Å². The zero-order valence-corrected chi connectivity index (χ0v) is 15.5. The monoisotopic (exact) mass is 334 g/mol. The van der Waals surface area contributed by atoms with Crippen molar-refractivity contribution in [3.05, 3.63) is 24.0 Å². The van der Waals surface area contributed by atoms with Crippen molar-refractivity contribution in [1.29, 1.82) is 0 Å². The molecule has 0 unspecified atom stereocenters. The number of aliphatic hydroxyl groups is 1. The Bertz CT molecular complexity index is 623. The molecule has 1 amide bonds. The molecule has 1 N–H and O–H groups in total. The van der Waals surface area contributed by atoms with E-state index >= 15 is 0 Å². The smallest absolute Gasteiger partial charge is 0.255 e. The van der Waals surface area contributed by atoms with Crippen LogP contribution in [0.1, 0.15) is 57.3 Å². The molecular weight excluding hydrogens is 304 g/mol. The number of rotatable bonds is 2. The van der Waals surface area contributed by atoms with Crippen LogP contribution >= 0.6 is 0 Å². The SMILES string of the molecule is CO[C@]1(C)C[C@H](O)C12CCN(C(=O)c1ccn(C(C)(C)C)c1)CC2. The second-order valence-electron chi connectivity index (χ2n) is 8.58. The first-order valence-corrected chi connectivity index (χ1v) is 8.84. The number of nitrogens with zero attached hydrogens (tertiary/aromatic N) is 2. The molecule has 0 radical (unpaired) electrons. The summed E-state index contributed by atoms with van der Waals surface area (Å²) in [5, 5.41) is 10.3. The van der Waals surface area contributed by atoms with Gasteiger partial charge in [-0.25, -0.2) is 0 Å². The molecule has 24 heavy (non-hydrogen) atoms. The number of amides is 1. The summed E-state index contributed by atoms with van der Waals surface area (Å²) < 4.78 is 7.76. The summed E-state index contributed by atoms with van der Waals surface area (Å²) in [5.41, 5.74) is 0.248. The minimum absolute atomic E-state index is 0.0270. The van der Waals surface area contributed by atoms with Crippen LogP contribution in [0.25, 0.3) is 0 Å². The highest BCUT2D eigenvalue weighted by Crippen LogP contribution is 2.58. The molecule has 134 valence electrons. The van der Waals surface area contributed by atoms with Crippen LogP contribution in [-0.4, -0.2) is 52.4 Å². The van der Waals surface area contributed by atoms with Gasteiger partial charge in [-0.2, -0.15) is 0 Å². The summed E-state index contributed by atoms with van der Waals surface area (Å²) in [6, 6.07) is 1.90. The van der Waals surface area contributed by atoms with Crippen molar-refractivity contribution >= 4 is 5.91 Å². The topological polar surface area (TPSA) is 54.7 Å². The summed E-state index contributed by atoms with van der Waals surface area (Å²) in [5.74, 6) is 0.0841. The molecule has 0 bridgehead atoms. The summed E-state index contributed by atoms with van der Waals surface area (Å²) in [7, 11) is 1.72. The molecule has 1 aliphatic carbocycles. The molecule has 2 aliphatic rings. The average molecular weight is 334 g/mol. The van der Waals surface area contributed by atoms with Gasteiger partial charge in [0, 0.05) is 50.0 Å². The fourth-order valence-electron chi connectivity index (χ4n) is 4.37. The van der Waals surface area contributed by atoms with Gasteiger partial charge in [-0.15, -0.1) is 0 Å². The van der Waals surface area contributed by atoms with Gasteiger partial charge in [0.15, 0.2) is 0 Å². The maximum absolute atomic E-state index is 12.8. The van der Waals surface area contributed by atoms with Gasteiger partial charge in [0.25, 0.3) is 5.91 Å². The molecule has 1 saturated heterocycles. The first kappa shape index (κ1) is 17.5. The van der Waals surface area contributed by atoms with Crippen molar-refractivity contribution in [3.8, 4) is 0 Å². The quantitative estimate of drug-likeness (QED) is 0.904. The average Bonchev–Trinajstić information content (AvgIpc) is 3.04. The van der Waals surface area contributed by atoms with E-state index < -0.39 is 0 Å². The first-order valence-electron chi connectivity index (χ1n) is 8.84. The van der Waals surface area contributed by atoms with E-state index in [-0.39, 0.29) is 28.6 Å². The molecule has 2 fully saturated rings. The van der Waals surface area contributed by atoms with E-state index in [1.54, 1.807) is 7.11 Å². The second kappa shape index (κ2) is 5.60. The van der Waals surface area contributed by atoms with Gasteiger partial charge in [-0.3, -0.25) is 4.79 Å². The first-order chi connectivity index (χ1) is 11.1. The number of hydrogen-bond acceptors (Lipinski definition) is 3. The Labute approximate surface area is 144 Å². The molecule has 3 rings (SSSR count). The number of methoxy groups -OCH3 is 1. The molecule has 1 spiro atoms. The molecule has 2 atom stereocenters. The number of likely N-dealkylation sites (tertiary alicyclic amines) is 1. The maximum Gasteiger partial charge on any atom is 0.255 e. The van der Waals surface area contributed by atoms with Crippen LogP contribution in [0.2, 0.25) is 0 Å². The lowest BCUT2D eigenvalue weighted by Crippen LogP contribution is -2.69. The third kappa shape index (κ3) is 2.49. The molecule has 0 aromatic carbocycles. The van der Waals surface area contributed by atoms with Gasteiger partial charge >= 0.3 is 0 Å². The van der Waals surface area contributed by atoms with Crippen LogP contribution in [0.5, 0.6) is 0 Å². The molecule has 5 nitrogen and oxygen atoms in total. The Morgan fingerprint density at radius 2 is 1.96 bits per heavy atom. The Morgan fingerprint density at radius 3 is 2.42 bits per heavy atom. The summed E-state index contributed by atoms with van der Waals surface area (Å²) in [4.78, 5) is 14.7. The van der Waals surface area contributed by atoms with E-state index in [2.05, 4.69) is 32.3 Å². The number of piperidine rings is 1. The van der Waals surface area contributed by atoms with Crippen molar-refractivity contribution in [1.82, 2.24) is 9.47 Å². The fraction of sp³-hybridized carbons (Fsp3) is 0.737. The van der Waals surface area contributed by atoms with Crippen LogP contribution in [0, 0.1) is 5.41 Å². The highest BCUT2D eigenvalue weighted by Gasteiger charge is 2.63. The van der Waals surface area contributed by atoms with Gasteiger partial charge in [0.2, 0.25) is 0 Å². The van der Waals surface area contributed by atoms with Crippen molar-refractivity contribution < 1.29 is 14.6 Å². The predicted molar refractivity (Wildman–Crippen MR) is 93.0 cm³/mol. The lowest BCUT2D eigenvalue weighted by atomic mass is 9.51. The number of aromatic nitrogens is 1. The summed E-state index contributed by atoms with van der Waals surface area (Å²) in [6.07, 6.45) is 5.86. The highest BCUT2D eigenvalue weighted by molar-refractivity contribution is 5.94. The Hall–Kier alpha value is -1.33. The number of aliphatic hydroxyl groups excluding tert-OH is 1. The van der Waals surface area contributed by atoms with Crippen molar-refractivity contribution in [3.63, 3.8) is 0 Å². The van der Waals surface area contributed by atoms with Crippen LogP contribution in [0.3, 0.4) is 0 Å². The number of hydrogen-bond donors (Lipinski definition) is 1. The predicted octanol–water partition coefficient (Wildman–Crippen LogP) is 2.64. The molecule has 1 saturated carbocycles. The number of carbonyl (C=O) groups is 1. The van der Waals surface area contributed by atoms with Crippen LogP contribution in [0.4, 0.5) is 0 Å². The molecule has 2 heterocycles. The van der Waals surface area contributed by atoms with E-state index in [1.165, 1.54) is 0 Å². The zero-order valence-electron chi connectivity index (χ0n) is 15.5. The van der Waals surface area contributed by atoms with Gasteiger partial charge < -0.3 is 19.3 Å². The van der Waals surface area contributed by atoms with Crippen molar-refractivity contribution in [2.24, 2.45) is 5.41 Å². The van der Waals surface area contributed by atoms with Gasteiger partial charge in [0.1, 0.15) is 0 Å². The normalized spacial score (nSPS) is 29.6. The van der Waals surface area contributed by atoms with Crippen LogP contribution in [-0.2, 0) is 10.3 Å². The van der Waals surface area contributed by atoms with E-state index in [0.29, 0.717) is 19.5 Å². The Balaban J connectivity index is 1.69. The second-order valence-corrected chi connectivity index (χ2v) is 8.58. The summed E-state index contributed by atoms with van der Waals surface area (Å²) >= 11 is 0. The van der Waals surface area contributed by atoms with Crippen LogP contribution in [0.15, 0.2) is 18.5 Å². The van der Waals surface area contributed by atoms with Crippen LogP contribution < -0.4 is 0 Å². The van der Waals surface area contributed by atoms with Gasteiger partial charge in [-0.05, 0) is 46.6 Å². The lowest BCUT2D eigenvalue weighted by molar-refractivity contribution is -0.259. The fourth-order valence-corrected chi connectivity index (χ4v) is 4.37. The molecule has 1 aromatic heterocycles.